The highest BCUT2D eigenvalue weighted by atomic mass is 19.4. The van der Waals surface area contributed by atoms with E-state index in [2.05, 4.69) is 5.32 Å². The molecule has 0 aromatic heterocycles. The van der Waals surface area contributed by atoms with Gasteiger partial charge < -0.3 is 16.2 Å². The van der Waals surface area contributed by atoms with E-state index in [4.69, 9.17) is 5.73 Å². The Bertz CT molecular complexity index is 1090. The van der Waals surface area contributed by atoms with Gasteiger partial charge in [0.05, 0.1) is 11.1 Å². The molecular weight excluding hydrogens is 397 g/mol. The number of phenolic OH excluding ortho intramolecular Hbond substituents is 1. The minimum atomic E-state index is -4.48. The molecule has 4 N–H and O–H groups in total. The number of para-hydroxylation sites is 1. The first-order chi connectivity index (χ1) is 14.2. The molecule has 3 aromatic rings. The molecule has 30 heavy (non-hydrogen) atoms. The van der Waals surface area contributed by atoms with E-state index in [0.717, 1.165) is 12.1 Å². The van der Waals surface area contributed by atoms with Crippen molar-refractivity contribution in [2.24, 2.45) is 5.73 Å². The van der Waals surface area contributed by atoms with E-state index < -0.39 is 23.6 Å². The monoisotopic (exact) mass is 414 g/mol. The molecule has 0 spiro atoms. The molecule has 3 rings (SSSR count). The second-order valence-electron chi connectivity index (χ2n) is 6.52. The zero-order chi connectivity index (χ0) is 21.9. The van der Waals surface area contributed by atoms with Crippen LogP contribution in [0.25, 0.3) is 11.1 Å². The van der Waals surface area contributed by atoms with Gasteiger partial charge in [-0.15, -0.1) is 0 Å². The van der Waals surface area contributed by atoms with Crippen molar-refractivity contribution in [2.75, 3.05) is 0 Å². The first-order valence-electron chi connectivity index (χ1n) is 8.83. The zero-order valence-corrected chi connectivity index (χ0v) is 15.5. The normalized spacial score (nSPS) is 11.2. The van der Waals surface area contributed by atoms with Crippen molar-refractivity contribution in [2.45, 2.75) is 12.7 Å². The quantitative estimate of drug-likeness (QED) is 0.587. The van der Waals surface area contributed by atoms with Gasteiger partial charge in [0, 0.05) is 17.7 Å². The van der Waals surface area contributed by atoms with Crippen LogP contribution in [0.5, 0.6) is 5.75 Å². The van der Waals surface area contributed by atoms with Crippen LogP contribution in [0, 0.1) is 0 Å². The van der Waals surface area contributed by atoms with Crippen LogP contribution in [-0.2, 0) is 12.7 Å². The summed E-state index contributed by atoms with van der Waals surface area (Å²) >= 11 is 0. The largest absolute Gasteiger partial charge is 0.506 e. The Balaban J connectivity index is 1.79. The molecule has 8 heteroatoms. The van der Waals surface area contributed by atoms with Gasteiger partial charge in [-0.25, -0.2) is 0 Å². The summed E-state index contributed by atoms with van der Waals surface area (Å²) < 4.78 is 38.4. The second-order valence-corrected chi connectivity index (χ2v) is 6.52. The number of hydrogen-bond acceptors (Lipinski definition) is 3. The molecule has 5 nitrogen and oxygen atoms in total. The first kappa shape index (κ1) is 20.9. The van der Waals surface area contributed by atoms with E-state index in [1.165, 1.54) is 30.3 Å². The van der Waals surface area contributed by atoms with Gasteiger partial charge in [-0.05, 0) is 41.5 Å². The molecule has 2 amide bonds. The summed E-state index contributed by atoms with van der Waals surface area (Å²) in [6.45, 7) is -0.139. The highest BCUT2D eigenvalue weighted by Crippen LogP contribution is 2.32. The number of nitrogens with two attached hydrogens (primary N) is 1. The number of aromatic hydroxyl groups is 1. The number of phenols is 1. The number of hydrogen-bond donors (Lipinski definition) is 3. The summed E-state index contributed by atoms with van der Waals surface area (Å²) in [5.41, 5.74) is 5.86. The van der Waals surface area contributed by atoms with E-state index in [0.29, 0.717) is 16.7 Å². The maximum atomic E-state index is 12.8. The molecule has 0 bridgehead atoms. The standard InChI is InChI=1S/C22H17F3N2O3/c23-22(24,25)16-4-1-3-13(11-16)12-27-21(30)18-6-2-5-17(19(18)28)14-7-9-15(10-8-14)20(26)29/h1-11,28H,12H2,(H2,26,29)(H,27,30). The maximum absolute atomic E-state index is 12.8. The van der Waals surface area contributed by atoms with E-state index >= 15 is 0 Å². The Hall–Kier alpha value is -3.81. The van der Waals surface area contributed by atoms with Gasteiger partial charge in [0.25, 0.3) is 5.91 Å². The number of amides is 2. The smallest absolute Gasteiger partial charge is 0.416 e. The summed E-state index contributed by atoms with van der Waals surface area (Å²) in [6, 6.07) is 15.4. The van der Waals surface area contributed by atoms with Crippen molar-refractivity contribution < 1.29 is 27.9 Å². The molecule has 0 radical (unpaired) electrons. The van der Waals surface area contributed by atoms with Crippen LogP contribution in [-0.4, -0.2) is 16.9 Å². The number of alkyl halides is 3. The Morgan fingerprint density at radius 1 is 0.967 bits per heavy atom. The van der Waals surface area contributed by atoms with Crippen LogP contribution in [0.3, 0.4) is 0 Å². The predicted octanol–water partition coefficient (Wildman–Crippen LogP) is 4.11. The fourth-order valence-corrected chi connectivity index (χ4v) is 2.91. The van der Waals surface area contributed by atoms with Crippen LogP contribution in [0.15, 0.2) is 66.7 Å². The summed E-state index contributed by atoms with van der Waals surface area (Å²) in [4.78, 5) is 23.7. The molecule has 0 unspecified atom stereocenters. The van der Waals surface area contributed by atoms with Crippen LogP contribution in [0.1, 0.15) is 31.8 Å². The van der Waals surface area contributed by atoms with Gasteiger partial charge in [-0.1, -0.05) is 36.4 Å². The molecule has 0 saturated heterocycles. The third kappa shape index (κ3) is 4.60. The predicted molar refractivity (Wildman–Crippen MR) is 105 cm³/mol. The lowest BCUT2D eigenvalue weighted by atomic mass is 9.99. The zero-order valence-electron chi connectivity index (χ0n) is 15.5. The van der Waals surface area contributed by atoms with Gasteiger partial charge in [-0.3, -0.25) is 9.59 Å². The third-order valence-corrected chi connectivity index (χ3v) is 4.47. The highest BCUT2D eigenvalue weighted by molar-refractivity contribution is 5.99. The molecule has 0 fully saturated rings. The third-order valence-electron chi connectivity index (χ3n) is 4.47. The van der Waals surface area contributed by atoms with Gasteiger partial charge in [-0.2, -0.15) is 13.2 Å². The molecule has 3 aromatic carbocycles. The number of primary amides is 1. The van der Waals surface area contributed by atoms with Crippen LogP contribution in [0.4, 0.5) is 13.2 Å². The van der Waals surface area contributed by atoms with E-state index in [1.54, 1.807) is 24.3 Å². The maximum Gasteiger partial charge on any atom is 0.416 e. The molecule has 0 aliphatic rings. The van der Waals surface area contributed by atoms with E-state index in [-0.39, 0.29) is 23.4 Å². The lowest BCUT2D eigenvalue weighted by molar-refractivity contribution is -0.137. The Morgan fingerprint density at radius 2 is 1.63 bits per heavy atom. The lowest BCUT2D eigenvalue weighted by Crippen LogP contribution is -2.23. The topological polar surface area (TPSA) is 92.4 Å². The Morgan fingerprint density at radius 3 is 2.27 bits per heavy atom. The van der Waals surface area contributed by atoms with Crippen LogP contribution in [0.2, 0.25) is 0 Å². The Labute approximate surface area is 170 Å². The number of nitrogens with one attached hydrogen (secondary N) is 1. The van der Waals surface area contributed by atoms with Crippen molar-refractivity contribution >= 4 is 11.8 Å². The average Bonchev–Trinajstić information content (AvgIpc) is 2.72. The van der Waals surface area contributed by atoms with Crippen LogP contribution < -0.4 is 11.1 Å². The van der Waals surface area contributed by atoms with Crippen molar-refractivity contribution in [1.82, 2.24) is 5.32 Å². The molecule has 0 atom stereocenters. The number of benzene rings is 3. The summed E-state index contributed by atoms with van der Waals surface area (Å²) in [6.07, 6.45) is -4.48. The van der Waals surface area contributed by atoms with Crippen molar-refractivity contribution in [3.63, 3.8) is 0 Å². The van der Waals surface area contributed by atoms with Gasteiger partial charge in [0.1, 0.15) is 5.75 Å². The number of halogens is 3. The summed E-state index contributed by atoms with van der Waals surface area (Å²) in [5, 5.41) is 13.0. The van der Waals surface area contributed by atoms with Gasteiger partial charge >= 0.3 is 6.18 Å². The minimum Gasteiger partial charge on any atom is -0.506 e. The highest BCUT2D eigenvalue weighted by Gasteiger charge is 2.30. The number of rotatable bonds is 5. The fraction of sp³-hybridized carbons (Fsp3) is 0.0909. The van der Waals surface area contributed by atoms with Gasteiger partial charge in [0.15, 0.2) is 0 Å². The summed E-state index contributed by atoms with van der Waals surface area (Å²) in [5.74, 6) is -1.51. The molecule has 0 aliphatic heterocycles. The van der Waals surface area contributed by atoms with Crippen molar-refractivity contribution in [3.05, 3.63) is 89.0 Å². The molecule has 0 saturated carbocycles. The molecule has 154 valence electrons. The van der Waals surface area contributed by atoms with E-state index in [9.17, 15) is 27.9 Å². The molecular formula is C22H17F3N2O3. The summed E-state index contributed by atoms with van der Waals surface area (Å²) in [7, 11) is 0. The van der Waals surface area contributed by atoms with Crippen molar-refractivity contribution in [1.29, 1.82) is 0 Å². The van der Waals surface area contributed by atoms with Gasteiger partial charge in [0.2, 0.25) is 5.91 Å². The van der Waals surface area contributed by atoms with Crippen LogP contribution >= 0.6 is 0 Å². The minimum absolute atomic E-state index is 0.0292. The van der Waals surface area contributed by atoms with E-state index in [1.807, 2.05) is 0 Å². The fourth-order valence-electron chi connectivity index (χ4n) is 2.91. The number of carbonyl (C=O) groups is 2. The average molecular weight is 414 g/mol. The molecule has 0 aliphatic carbocycles. The SMILES string of the molecule is NC(=O)c1ccc(-c2cccc(C(=O)NCc3cccc(C(F)(F)F)c3)c2O)cc1. The second kappa shape index (κ2) is 8.28. The molecule has 0 heterocycles. The number of carbonyl (C=O) groups excluding carboxylic acids is 2. The lowest BCUT2D eigenvalue weighted by Gasteiger charge is -2.12. The first-order valence-corrected chi connectivity index (χ1v) is 8.83. The van der Waals surface area contributed by atoms with Crippen molar-refractivity contribution in [3.8, 4) is 16.9 Å². The Kier molecular flexibility index (Phi) is 5.77.